The molecule has 4 N–H and O–H groups in total. The fraction of sp³-hybridized carbons (Fsp3) is 0.500. The molecule has 102 valence electrons. The van der Waals surface area contributed by atoms with E-state index in [4.69, 9.17) is 14.8 Å². The van der Waals surface area contributed by atoms with E-state index < -0.39 is 46.7 Å². The molecule has 0 radical (unpaired) electrons. The van der Waals surface area contributed by atoms with Crippen LogP contribution >= 0.6 is 0 Å². The molecule has 10 nitrogen and oxygen atoms in total. The number of aliphatic carboxylic acids is 2. The van der Waals surface area contributed by atoms with Crippen molar-refractivity contribution in [1.82, 2.24) is 0 Å². The van der Waals surface area contributed by atoms with Gasteiger partial charge in [-0.15, -0.1) is 0 Å². The van der Waals surface area contributed by atoms with Crippen molar-refractivity contribution in [2.45, 2.75) is 18.4 Å². The summed E-state index contributed by atoms with van der Waals surface area (Å²) in [5.74, 6) is -5.58. The van der Waals surface area contributed by atoms with Crippen molar-refractivity contribution in [1.29, 1.82) is 0 Å². The first kappa shape index (κ1) is 19.9. The van der Waals surface area contributed by atoms with E-state index in [9.17, 15) is 27.9 Å². The van der Waals surface area contributed by atoms with Gasteiger partial charge in [0.15, 0.2) is 5.60 Å². The molecule has 0 rings (SSSR count). The molecular weight excluding hydrogens is 304 g/mol. The zero-order valence-electron chi connectivity index (χ0n) is 8.06. The summed E-state index contributed by atoms with van der Waals surface area (Å²) in [6, 6.07) is 0. The van der Waals surface area contributed by atoms with Gasteiger partial charge in [0, 0.05) is 0 Å². The molecule has 0 aromatic rings. The molecule has 0 aliphatic carbocycles. The predicted octanol–water partition coefficient (Wildman–Crippen LogP) is -2.90. The van der Waals surface area contributed by atoms with E-state index in [0.29, 0.717) is 0 Å². The van der Waals surface area contributed by atoms with Gasteiger partial charge in [0.2, 0.25) is 0 Å². The van der Waals surface area contributed by atoms with E-state index in [2.05, 4.69) is 4.18 Å². The molecule has 0 spiro atoms. The SMILES string of the molecule is O=C(O)CC(O)(CC(=O)OS(=O)(=O)O)C(=O)O.[CaH2]. The summed E-state index contributed by atoms with van der Waals surface area (Å²) >= 11 is 0. The van der Waals surface area contributed by atoms with Gasteiger partial charge in [-0.2, -0.15) is 8.42 Å². The van der Waals surface area contributed by atoms with E-state index in [0.717, 1.165) is 0 Å². The third-order valence-electron chi connectivity index (χ3n) is 1.48. The minimum absolute atomic E-state index is 0. The summed E-state index contributed by atoms with van der Waals surface area (Å²) < 4.78 is 31.6. The van der Waals surface area contributed by atoms with Crippen LogP contribution < -0.4 is 0 Å². The molecule has 0 aliphatic heterocycles. The van der Waals surface area contributed by atoms with Crippen molar-refractivity contribution in [3.05, 3.63) is 0 Å². The van der Waals surface area contributed by atoms with Crippen molar-refractivity contribution >= 4 is 66.0 Å². The number of carboxylic acids is 2. The number of hydrogen-bond donors (Lipinski definition) is 4. The van der Waals surface area contributed by atoms with Gasteiger partial charge in [0.25, 0.3) is 0 Å². The van der Waals surface area contributed by atoms with Crippen LogP contribution in [-0.4, -0.2) is 89.5 Å². The van der Waals surface area contributed by atoms with Crippen molar-refractivity contribution in [2.75, 3.05) is 0 Å². The van der Waals surface area contributed by atoms with E-state index >= 15 is 0 Å². The first-order valence-corrected chi connectivity index (χ1v) is 5.20. The van der Waals surface area contributed by atoms with Crippen LogP contribution in [0.2, 0.25) is 0 Å². The number of rotatable bonds is 6. The molecular formula is C6H10CaO10S. The van der Waals surface area contributed by atoms with Crippen LogP contribution in [0.3, 0.4) is 0 Å². The van der Waals surface area contributed by atoms with Crippen molar-refractivity contribution < 1.29 is 46.9 Å². The van der Waals surface area contributed by atoms with E-state index in [1.165, 1.54) is 0 Å². The second kappa shape index (κ2) is 7.21. The summed E-state index contributed by atoms with van der Waals surface area (Å²) in [6.45, 7) is 0. The zero-order chi connectivity index (χ0) is 13.9. The van der Waals surface area contributed by atoms with Crippen molar-refractivity contribution in [3.63, 3.8) is 0 Å². The summed E-state index contributed by atoms with van der Waals surface area (Å²) in [5.41, 5.74) is -3.02. The maximum atomic E-state index is 10.8. The summed E-state index contributed by atoms with van der Waals surface area (Å²) in [5, 5.41) is 26.1. The van der Waals surface area contributed by atoms with Crippen molar-refractivity contribution in [2.24, 2.45) is 0 Å². The summed E-state index contributed by atoms with van der Waals surface area (Å²) in [6.07, 6.45) is -2.79. The Morgan fingerprint density at radius 2 is 1.56 bits per heavy atom. The van der Waals surface area contributed by atoms with E-state index in [1.54, 1.807) is 0 Å². The molecule has 1 atom stereocenters. The molecule has 0 aromatic heterocycles. The van der Waals surface area contributed by atoms with Crippen molar-refractivity contribution in [3.8, 4) is 0 Å². The molecule has 12 heteroatoms. The Hall–Kier alpha value is -0.460. The number of aliphatic hydroxyl groups is 1. The molecule has 0 saturated carbocycles. The first-order chi connectivity index (χ1) is 7.46. The summed E-state index contributed by atoms with van der Waals surface area (Å²) in [7, 11) is -5.15. The minimum atomic E-state index is -5.15. The molecule has 0 aromatic carbocycles. The van der Waals surface area contributed by atoms with E-state index in [1.807, 2.05) is 0 Å². The van der Waals surface area contributed by atoms with E-state index in [-0.39, 0.29) is 37.7 Å². The molecule has 18 heavy (non-hydrogen) atoms. The van der Waals surface area contributed by atoms with Gasteiger partial charge in [-0.3, -0.25) is 14.1 Å². The molecule has 0 saturated heterocycles. The predicted molar refractivity (Wildman–Crippen MR) is 55.6 cm³/mol. The Bertz CT molecular complexity index is 441. The Labute approximate surface area is 130 Å². The van der Waals surface area contributed by atoms with Crippen LogP contribution in [0, 0.1) is 0 Å². The van der Waals surface area contributed by atoms with Crippen LogP contribution in [-0.2, 0) is 29.0 Å². The number of carbonyl (C=O) groups is 3. The van der Waals surface area contributed by atoms with Gasteiger partial charge >= 0.3 is 66.0 Å². The first-order valence-electron chi connectivity index (χ1n) is 3.83. The molecule has 1 unspecified atom stereocenters. The van der Waals surface area contributed by atoms with Crippen LogP contribution in [0.15, 0.2) is 0 Å². The third-order valence-corrected chi connectivity index (χ3v) is 1.87. The topological polar surface area (TPSA) is 175 Å². The standard InChI is InChI=1S/C6H8O10S.Ca.2H/c7-3(8)1-6(12,5(10)11)2-4(9)16-17(13,14)15;;;/h12H,1-2H2,(H,7,8)(H,10,11)(H,13,14,15);;;. The average molecular weight is 314 g/mol. The number of carbonyl (C=O) groups excluding carboxylic acids is 1. The van der Waals surface area contributed by atoms with Gasteiger partial charge in [-0.05, 0) is 0 Å². The third kappa shape index (κ3) is 7.79. The second-order valence-electron chi connectivity index (χ2n) is 2.97. The Morgan fingerprint density at radius 1 is 1.11 bits per heavy atom. The van der Waals surface area contributed by atoms with Gasteiger partial charge in [-0.25, -0.2) is 4.79 Å². The van der Waals surface area contributed by atoms with Gasteiger partial charge in [0.1, 0.15) is 0 Å². The Kier molecular flexibility index (Phi) is 7.96. The molecule has 0 aliphatic rings. The molecule has 0 fully saturated rings. The number of carboxylic acid groups (broad SMARTS) is 2. The second-order valence-corrected chi connectivity index (χ2v) is 3.99. The zero-order valence-corrected chi connectivity index (χ0v) is 8.88. The average Bonchev–Trinajstić information content (AvgIpc) is 1.96. The fourth-order valence-corrected chi connectivity index (χ4v) is 1.14. The fourth-order valence-electron chi connectivity index (χ4n) is 0.850. The monoisotopic (exact) mass is 314 g/mol. The van der Waals surface area contributed by atoms with Crippen LogP contribution in [0.25, 0.3) is 0 Å². The quantitative estimate of drug-likeness (QED) is 0.294. The summed E-state index contributed by atoms with van der Waals surface area (Å²) in [4.78, 5) is 31.6. The Balaban J connectivity index is 0. The Morgan fingerprint density at radius 3 is 1.83 bits per heavy atom. The van der Waals surface area contributed by atoms with Gasteiger partial charge in [0.05, 0.1) is 12.8 Å². The van der Waals surface area contributed by atoms with Crippen LogP contribution in [0.5, 0.6) is 0 Å². The van der Waals surface area contributed by atoms with Gasteiger partial charge < -0.3 is 19.5 Å². The van der Waals surface area contributed by atoms with Gasteiger partial charge in [-0.1, -0.05) is 0 Å². The van der Waals surface area contributed by atoms with Crippen LogP contribution in [0.4, 0.5) is 0 Å². The number of hydrogen-bond acceptors (Lipinski definition) is 7. The molecule has 0 heterocycles. The molecule has 0 amide bonds. The van der Waals surface area contributed by atoms with Crippen LogP contribution in [0.1, 0.15) is 12.8 Å². The maximum absolute atomic E-state index is 10.8. The molecule has 0 bridgehead atoms. The normalized spacial score (nSPS) is 13.9.